The van der Waals surface area contributed by atoms with Gasteiger partial charge in [-0.2, -0.15) is 0 Å². The van der Waals surface area contributed by atoms with Crippen molar-refractivity contribution in [3.05, 3.63) is 71.8 Å². The van der Waals surface area contributed by atoms with Gasteiger partial charge in [-0.3, -0.25) is 9.69 Å². The smallest absolute Gasteiger partial charge is 0.325 e. The molecule has 0 aromatic heterocycles. The number of ether oxygens (including phenoxy) is 1. The Morgan fingerprint density at radius 2 is 1.38 bits per heavy atom. The molecule has 0 bridgehead atoms. The Bertz CT molecular complexity index is 715. The normalized spacial score (nSPS) is 13.3. The van der Waals surface area contributed by atoms with Crippen LogP contribution >= 0.6 is 0 Å². The number of esters is 1. The molecule has 0 aliphatic carbocycles. The van der Waals surface area contributed by atoms with E-state index in [4.69, 9.17) is 9.16 Å². The van der Waals surface area contributed by atoms with E-state index in [9.17, 15) is 4.79 Å². The van der Waals surface area contributed by atoms with E-state index in [-0.39, 0.29) is 11.0 Å². The van der Waals surface area contributed by atoms with Crippen LogP contribution in [0.3, 0.4) is 0 Å². The van der Waals surface area contributed by atoms with Crippen molar-refractivity contribution >= 4 is 14.3 Å². The van der Waals surface area contributed by atoms with Crippen LogP contribution in [0.4, 0.5) is 0 Å². The Morgan fingerprint density at radius 3 is 1.76 bits per heavy atom. The highest BCUT2D eigenvalue weighted by Crippen LogP contribution is 2.36. The van der Waals surface area contributed by atoms with Gasteiger partial charge in [-0.05, 0) is 29.3 Å². The molecule has 2 rings (SSSR count). The number of rotatable bonds is 9. The first-order valence-electron chi connectivity index (χ1n) is 10.2. The predicted octanol–water partition coefficient (Wildman–Crippen LogP) is 5.25. The molecule has 158 valence electrons. The number of benzene rings is 2. The first-order valence-corrected chi connectivity index (χ1v) is 13.1. The van der Waals surface area contributed by atoms with Crippen molar-refractivity contribution in [2.45, 2.75) is 58.0 Å². The van der Waals surface area contributed by atoms with E-state index in [2.05, 4.69) is 63.0 Å². The van der Waals surface area contributed by atoms with E-state index in [1.807, 2.05) is 36.4 Å². The summed E-state index contributed by atoms with van der Waals surface area (Å²) in [6.45, 7) is 12.7. The predicted molar refractivity (Wildman–Crippen MR) is 121 cm³/mol. The molecule has 4 nitrogen and oxygen atoms in total. The van der Waals surface area contributed by atoms with Crippen LogP contribution < -0.4 is 0 Å². The van der Waals surface area contributed by atoms with Crippen LogP contribution in [0, 0.1) is 0 Å². The SMILES string of the molecule is COC(=O)[C@@H](CO[Si](C)(C)C(C)(C)C)N(Cc1ccccc1)Cc1ccccc1. The Kier molecular flexibility index (Phi) is 8.20. The summed E-state index contributed by atoms with van der Waals surface area (Å²) in [5.74, 6) is -0.254. The number of hydrogen-bond acceptors (Lipinski definition) is 4. The molecule has 29 heavy (non-hydrogen) atoms. The zero-order valence-corrected chi connectivity index (χ0v) is 19.6. The quantitative estimate of drug-likeness (QED) is 0.416. The Hall–Kier alpha value is -1.95. The first-order chi connectivity index (χ1) is 13.6. The lowest BCUT2D eigenvalue weighted by Crippen LogP contribution is -2.49. The van der Waals surface area contributed by atoms with Gasteiger partial charge in [0.25, 0.3) is 0 Å². The average molecular weight is 414 g/mol. The molecule has 0 amide bonds. The second kappa shape index (κ2) is 10.2. The van der Waals surface area contributed by atoms with Gasteiger partial charge >= 0.3 is 5.97 Å². The maximum atomic E-state index is 12.8. The lowest BCUT2D eigenvalue weighted by Gasteiger charge is -2.38. The fourth-order valence-electron chi connectivity index (χ4n) is 2.87. The molecule has 2 aromatic rings. The fourth-order valence-corrected chi connectivity index (χ4v) is 3.88. The first kappa shape index (κ1) is 23.3. The third-order valence-electron chi connectivity index (χ3n) is 5.78. The third-order valence-corrected chi connectivity index (χ3v) is 10.3. The highest BCUT2D eigenvalue weighted by atomic mass is 28.4. The van der Waals surface area contributed by atoms with Crippen LogP contribution in [0.15, 0.2) is 60.7 Å². The van der Waals surface area contributed by atoms with Crippen LogP contribution in [-0.4, -0.2) is 38.9 Å². The van der Waals surface area contributed by atoms with Crippen molar-refractivity contribution in [1.29, 1.82) is 0 Å². The second-order valence-electron chi connectivity index (χ2n) is 8.99. The largest absolute Gasteiger partial charge is 0.468 e. The lowest BCUT2D eigenvalue weighted by molar-refractivity contribution is -0.149. The molecule has 0 spiro atoms. The Balaban J connectivity index is 2.29. The highest BCUT2D eigenvalue weighted by molar-refractivity contribution is 6.74. The maximum Gasteiger partial charge on any atom is 0.325 e. The summed E-state index contributed by atoms with van der Waals surface area (Å²) in [5.41, 5.74) is 2.31. The van der Waals surface area contributed by atoms with Crippen LogP contribution in [0.25, 0.3) is 0 Å². The van der Waals surface area contributed by atoms with E-state index in [0.717, 1.165) is 11.1 Å². The van der Waals surface area contributed by atoms with Crippen molar-refractivity contribution in [2.75, 3.05) is 13.7 Å². The molecule has 0 heterocycles. The van der Waals surface area contributed by atoms with Crippen molar-refractivity contribution in [1.82, 2.24) is 4.90 Å². The molecule has 0 unspecified atom stereocenters. The zero-order chi connectivity index (χ0) is 21.5. The van der Waals surface area contributed by atoms with Gasteiger partial charge in [-0.15, -0.1) is 0 Å². The molecular weight excluding hydrogens is 378 g/mol. The molecule has 0 fully saturated rings. The Labute approximate surface area is 177 Å². The number of hydrogen-bond donors (Lipinski definition) is 0. The molecule has 0 N–H and O–H groups in total. The van der Waals surface area contributed by atoms with Crippen LogP contribution in [0.1, 0.15) is 31.9 Å². The van der Waals surface area contributed by atoms with Gasteiger partial charge in [0, 0.05) is 13.1 Å². The summed E-state index contributed by atoms with van der Waals surface area (Å²) in [4.78, 5) is 14.9. The van der Waals surface area contributed by atoms with Crippen LogP contribution in [0.5, 0.6) is 0 Å². The number of nitrogens with zero attached hydrogens (tertiary/aromatic N) is 1. The third kappa shape index (κ3) is 6.80. The molecular formula is C24H35NO3Si. The van der Waals surface area contributed by atoms with E-state index < -0.39 is 14.4 Å². The van der Waals surface area contributed by atoms with E-state index >= 15 is 0 Å². The van der Waals surface area contributed by atoms with Crippen molar-refractivity contribution in [2.24, 2.45) is 0 Å². The maximum absolute atomic E-state index is 12.8. The van der Waals surface area contributed by atoms with Gasteiger partial charge in [0.2, 0.25) is 0 Å². The summed E-state index contributed by atoms with van der Waals surface area (Å²) in [7, 11) is -0.541. The van der Waals surface area contributed by atoms with E-state index in [1.165, 1.54) is 7.11 Å². The highest BCUT2D eigenvalue weighted by Gasteiger charge is 2.39. The van der Waals surface area contributed by atoms with Gasteiger partial charge < -0.3 is 9.16 Å². The van der Waals surface area contributed by atoms with Gasteiger partial charge in [0.15, 0.2) is 8.32 Å². The van der Waals surface area contributed by atoms with Gasteiger partial charge in [0.1, 0.15) is 6.04 Å². The topological polar surface area (TPSA) is 38.8 Å². The van der Waals surface area contributed by atoms with Crippen LogP contribution in [0.2, 0.25) is 18.1 Å². The van der Waals surface area contributed by atoms with Crippen molar-refractivity contribution < 1.29 is 14.0 Å². The molecule has 0 saturated heterocycles. The van der Waals surface area contributed by atoms with Crippen LogP contribution in [-0.2, 0) is 27.0 Å². The molecule has 0 saturated carbocycles. The standard InChI is InChI=1S/C24H35NO3Si/c1-24(2,3)29(5,6)28-19-22(23(26)27-4)25(17-20-13-9-7-10-14-20)18-21-15-11-8-12-16-21/h7-16,22H,17-19H2,1-6H3/t22-/m1/s1. The van der Waals surface area contributed by atoms with E-state index in [1.54, 1.807) is 0 Å². The Morgan fingerprint density at radius 1 is 0.931 bits per heavy atom. The molecule has 1 atom stereocenters. The summed E-state index contributed by atoms with van der Waals surface area (Å²) < 4.78 is 11.6. The summed E-state index contributed by atoms with van der Waals surface area (Å²) in [5, 5.41) is 0.0807. The summed E-state index contributed by atoms with van der Waals surface area (Å²) in [6, 6.07) is 20.0. The molecule has 0 aliphatic heterocycles. The second-order valence-corrected chi connectivity index (χ2v) is 13.8. The minimum absolute atomic E-state index is 0.0807. The van der Waals surface area contributed by atoms with Crippen molar-refractivity contribution in [3.8, 4) is 0 Å². The number of carbonyl (C=O) groups excluding carboxylic acids is 1. The van der Waals surface area contributed by atoms with Gasteiger partial charge in [-0.25, -0.2) is 0 Å². The van der Waals surface area contributed by atoms with Crippen molar-refractivity contribution in [3.63, 3.8) is 0 Å². The summed E-state index contributed by atoms with van der Waals surface area (Å²) >= 11 is 0. The average Bonchev–Trinajstić information content (AvgIpc) is 2.68. The van der Waals surface area contributed by atoms with Gasteiger partial charge in [0.05, 0.1) is 13.7 Å². The van der Waals surface area contributed by atoms with E-state index in [0.29, 0.717) is 19.7 Å². The fraction of sp³-hybridized carbons (Fsp3) is 0.458. The molecule has 2 aromatic carbocycles. The number of methoxy groups -OCH3 is 1. The number of carbonyl (C=O) groups is 1. The molecule has 5 heteroatoms. The minimum atomic E-state index is -1.99. The zero-order valence-electron chi connectivity index (χ0n) is 18.6. The summed E-state index contributed by atoms with van der Waals surface area (Å²) in [6.07, 6.45) is 0. The molecule has 0 radical (unpaired) electrons. The monoisotopic (exact) mass is 413 g/mol. The lowest BCUT2D eigenvalue weighted by atomic mass is 10.1. The molecule has 0 aliphatic rings. The van der Waals surface area contributed by atoms with Gasteiger partial charge in [-0.1, -0.05) is 81.4 Å². The minimum Gasteiger partial charge on any atom is -0.468 e.